The van der Waals surface area contributed by atoms with Gasteiger partial charge in [-0.15, -0.1) is 0 Å². The SMILES string of the molecule is CCCCN1CCCC1c1cccnc1N(C(=O)OC(C)(C)C)C(C)CC. The summed E-state index contributed by atoms with van der Waals surface area (Å²) in [5.41, 5.74) is 0.621. The lowest BCUT2D eigenvalue weighted by Gasteiger charge is -2.34. The average Bonchev–Trinajstić information content (AvgIpc) is 3.07. The van der Waals surface area contributed by atoms with E-state index in [1.807, 2.05) is 26.8 Å². The molecule has 5 heteroatoms. The molecule has 1 fully saturated rings. The highest BCUT2D eigenvalue weighted by Gasteiger charge is 2.34. The van der Waals surface area contributed by atoms with Gasteiger partial charge in [-0.3, -0.25) is 9.80 Å². The van der Waals surface area contributed by atoms with Gasteiger partial charge in [0.05, 0.1) is 0 Å². The van der Waals surface area contributed by atoms with Crippen LogP contribution in [0.3, 0.4) is 0 Å². The molecular formula is C22H37N3O2. The highest BCUT2D eigenvalue weighted by Crippen LogP contribution is 2.37. The molecule has 0 saturated carbocycles. The van der Waals surface area contributed by atoms with E-state index in [4.69, 9.17) is 4.74 Å². The van der Waals surface area contributed by atoms with Crippen molar-refractivity contribution in [1.29, 1.82) is 0 Å². The van der Waals surface area contributed by atoms with Gasteiger partial charge in [-0.25, -0.2) is 9.78 Å². The summed E-state index contributed by atoms with van der Waals surface area (Å²) >= 11 is 0. The fourth-order valence-corrected chi connectivity index (χ4v) is 3.65. The van der Waals surface area contributed by atoms with Crippen molar-refractivity contribution in [2.45, 2.75) is 91.3 Å². The molecule has 1 aromatic heterocycles. The van der Waals surface area contributed by atoms with Crippen LogP contribution < -0.4 is 4.90 Å². The Labute approximate surface area is 165 Å². The first-order valence-electron chi connectivity index (χ1n) is 10.5. The molecule has 1 amide bonds. The lowest BCUT2D eigenvalue weighted by atomic mass is 10.0. The first kappa shape index (κ1) is 21.7. The van der Waals surface area contributed by atoms with Crippen molar-refractivity contribution in [2.24, 2.45) is 0 Å². The van der Waals surface area contributed by atoms with Crippen molar-refractivity contribution in [2.75, 3.05) is 18.0 Å². The van der Waals surface area contributed by atoms with Crippen LogP contribution in [-0.4, -0.2) is 40.7 Å². The summed E-state index contributed by atoms with van der Waals surface area (Å²) in [6, 6.07) is 4.48. The number of amides is 1. The zero-order chi connectivity index (χ0) is 20.0. The van der Waals surface area contributed by atoms with E-state index in [9.17, 15) is 4.79 Å². The van der Waals surface area contributed by atoms with E-state index in [0.29, 0.717) is 6.04 Å². The first-order valence-corrected chi connectivity index (χ1v) is 10.5. The van der Waals surface area contributed by atoms with E-state index in [0.717, 1.165) is 37.3 Å². The van der Waals surface area contributed by atoms with Crippen molar-refractivity contribution in [3.63, 3.8) is 0 Å². The minimum Gasteiger partial charge on any atom is -0.443 e. The predicted molar refractivity (Wildman–Crippen MR) is 111 cm³/mol. The van der Waals surface area contributed by atoms with Gasteiger partial charge in [-0.1, -0.05) is 26.3 Å². The van der Waals surface area contributed by atoms with Crippen LogP contribution >= 0.6 is 0 Å². The predicted octanol–water partition coefficient (Wildman–Crippen LogP) is 5.56. The largest absolute Gasteiger partial charge is 0.443 e. The van der Waals surface area contributed by atoms with E-state index < -0.39 is 5.60 Å². The number of aromatic nitrogens is 1. The number of unbranched alkanes of at least 4 members (excludes halogenated alkanes) is 1. The highest BCUT2D eigenvalue weighted by molar-refractivity contribution is 5.88. The summed E-state index contributed by atoms with van der Waals surface area (Å²) in [6.45, 7) is 14.3. The van der Waals surface area contributed by atoms with Crippen LogP contribution in [0.5, 0.6) is 0 Å². The first-order chi connectivity index (χ1) is 12.8. The Bertz CT molecular complexity index is 612. The molecule has 0 spiro atoms. The maximum Gasteiger partial charge on any atom is 0.416 e. The van der Waals surface area contributed by atoms with Gasteiger partial charge in [0.1, 0.15) is 11.4 Å². The Morgan fingerprint density at radius 2 is 2.15 bits per heavy atom. The van der Waals surface area contributed by atoms with Gasteiger partial charge in [0, 0.05) is 23.8 Å². The Balaban J connectivity index is 2.38. The smallest absolute Gasteiger partial charge is 0.416 e. The molecule has 0 aromatic carbocycles. The molecule has 1 aliphatic rings. The van der Waals surface area contributed by atoms with Crippen molar-refractivity contribution in [1.82, 2.24) is 9.88 Å². The summed E-state index contributed by atoms with van der Waals surface area (Å²) < 4.78 is 5.72. The summed E-state index contributed by atoms with van der Waals surface area (Å²) in [5.74, 6) is 0.759. The molecular weight excluding hydrogens is 338 g/mol. The molecule has 2 heterocycles. The van der Waals surface area contributed by atoms with Gasteiger partial charge >= 0.3 is 6.09 Å². The number of pyridine rings is 1. The second kappa shape index (κ2) is 9.54. The third kappa shape index (κ3) is 5.68. The van der Waals surface area contributed by atoms with Gasteiger partial charge in [0.15, 0.2) is 0 Å². The molecule has 0 bridgehead atoms. The summed E-state index contributed by atoms with van der Waals surface area (Å²) in [7, 11) is 0. The monoisotopic (exact) mass is 375 g/mol. The van der Waals surface area contributed by atoms with E-state index in [-0.39, 0.29) is 12.1 Å². The summed E-state index contributed by atoms with van der Waals surface area (Å²) in [4.78, 5) is 22.0. The van der Waals surface area contributed by atoms with Crippen molar-refractivity contribution in [3.05, 3.63) is 23.9 Å². The Morgan fingerprint density at radius 1 is 1.41 bits per heavy atom. The van der Waals surface area contributed by atoms with Crippen molar-refractivity contribution >= 4 is 11.9 Å². The molecule has 0 aliphatic carbocycles. The van der Waals surface area contributed by atoms with Crippen LogP contribution in [0.4, 0.5) is 10.6 Å². The highest BCUT2D eigenvalue weighted by atomic mass is 16.6. The number of ether oxygens (including phenoxy) is 1. The molecule has 5 nitrogen and oxygen atoms in total. The lowest BCUT2D eigenvalue weighted by Crippen LogP contribution is -2.43. The fraction of sp³-hybridized carbons (Fsp3) is 0.727. The van der Waals surface area contributed by atoms with E-state index in [2.05, 4.69) is 36.7 Å². The van der Waals surface area contributed by atoms with Crippen LogP contribution in [0.25, 0.3) is 0 Å². The van der Waals surface area contributed by atoms with Gasteiger partial charge < -0.3 is 4.74 Å². The van der Waals surface area contributed by atoms with Crippen molar-refractivity contribution in [3.8, 4) is 0 Å². The number of anilines is 1. The fourth-order valence-electron chi connectivity index (χ4n) is 3.65. The van der Waals surface area contributed by atoms with Gasteiger partial charge in [-0.2, -0.15) is 0 Å². The Hall–Kier alpha value is -1.62. The number of hydrogen-bond donors (Lipinski definition) is 0. The third-order valence-corrected chi connectivity index (χ3v) is 5.19. The summed E-state index contributed by atoms with van der Waals surface area (Å²) in [5, 5.41) is 0. The number of nitrogens with zero attached hydrogens (tertiary/aromatic N) is 3. The second-order valence-corrected chi connectivity index (χ2v) is 8.57. The van der Waals surface area contributed by atoms with Crippen molar-refractivity contribution < 1.29 is 9.53 Å². The summed E-state index contributed by atoms with van der Waals surface area (Å²) in [6.07, 6.45) is 7.02. The number of carbonyl (C=O) groups excluding carboxylic acids is 1. The topological polar surface area (TPSA) is 45.7 Å². The molecule has 2 unspecified atom stereocenters. The molecule has 2 rings (SSSR count). The maximum atomic E-state index is 13.0. The Kier molecular flexibility index (Phi) is 7.66. The minimum absolute atomic E-state index is 0.0268. The van der Waals surface area contributed by atoms with Crippen LogP contribution in [0.1, 0.15) is 85.3 Å². The number of likely N-dealkylation sites (tertiary alicyclic amines) is 1. The van der Waals surface area contributed by atoms with Gasteiger partial charge in [-0.05, 0) is 72.5 Å². The van der Waals surface area contributed by atoms with Crippen LogP contribution in [0, 0.1) is 0 Å². The molecule has 27 heavy (non-hydrogen) atoms. The average molecular weight is 376 g/mol. The van der Waals surface area contributed by atoms with Crippen LogP contribution in [0.15, 0.2) is 18.3 Å². The van der Waals surface area contributed by atoms with Gasteiger partial charge in [0.2, 0.25) is 0 Å². The standard InChI is InChI=1S/C22H37N3O2/c1-7-9-15-24-16-11-13-19(24)18-12-10-14-23-20(18)25(17(3)8-2)21(26)27-22(4,5)6/h10,12,14,17,19H,7-9,11,13,15-16H2,1-6H3. The molecule has 152 valence electrons. The third-order valence-electron chi connectivity index (χ3n) is 5.19. The van der Waals surface area contributed by atoms with E-state index >= 15 is 0 Å². The molecule has 0 N–H and O–H groups in total. The zero-order valence-corrected chi connectivity index (χ0v) is 18.0. The van der Waals surface area contributed by atoms with E-state index in [1.165, 1.54) is 19.3 Å². The molecule has 1 aliphatic heterocycles. The number of carbonyl (C=O) groups is 1. The second-order valence-electron chi connectivity index (χ2n) is 8.57. The zero-order valence-electron chi connectivity index (χ0n) is 18.0. The number of hydrogen-bond acceptors (Lipinski definition) is 4. The number of rotatable bonds is 7. The molecule has 1 aromatic rings. The van der Waals surface area contributed by atoms with E-state index in [1.54, 1.807) is 11.1 Å². The normalized spacial score (nSPS) is 19.1. The lowest BCUT2D eigenvalue weighted by molar-refractivity contribution is 0.0565. The van der Waals surface area contributed by atoms with Crippen LogP contribution in [-0.2, 0) is 4.74 Å². The minimum atomic E-state index is -0.530. The van der Waals surface area contributed by atoms with Crippen LogP contribution in [0.2, 0.25) is 0 Å². The maximum absolute atomic E-state index is 13.0. The quantitative estimate of drug-likeness (QED) is 0.626. The Morgan fingerprint density at radius 3 is 2.78 bits per heavy atom. The van der Waals surface area contributed by atoms with Gasteiger partial charge in [0.25, 0.3) is 0 Å². The molecule has 0 radical (unpaired) electrons. The molecule has 2 atom stereocenters. The molecule has 1 saturated heterocycles.